The van der Waals surface area contributed by atoms with Gasteiger partial charge in [-0.3, -0.25) is 4.79 Å². The number of hydrogen-bond acceptors (Lipinski definition) is 4. The molecule has 0 fully saturated rings. The molecule has 3 aromatic rings. The van der Waals surface area contributed by atoms with Gasteiger partial charge < -0.3 is 5.32 Å². The lowest BCUT2D eigenvalue weighted by atomic mass is 10.0. The van der Waals surface area contributed by atoms with Gasteiger partial charge in [0.25, 0.3) is 0 Å². The van der Waals surface area contributed by atoms with Crippen LogP contribution in [-0.2, 0) is 11.3 Å². The first kappa shape index (κ1) is 18.3. The van der Waals surface area contributed by atoms with Crippen molar-refractivity contribution in [3.8, 4) is 11.4 Å². The molecule has 0 spiro atoms. The summed E-state index contributed by atoms with van der Waals surface area (Å²) in [5, 5.41) is 15.1. The van der Waals surface area contributed by atoms with Crippen LogP contribution in [0.25, 0.3) is 11.4 Å². The van der Waals surface area contributed by atoms with Gasteiger partial charge in [-0.2, -0.15) is 4.80 Å². The molecule has 0 saturated heterocycles. The van der Waals surface area contributed by atoms with Crippen LogP contribution in [0.5, 0.6) is 0 Å². The number of nitrogens with zero attached hydrogens (tertiary/aromatic N) is 4. The highest BCUT2D eigenvalue weighted by Crippen LogP contribution is 2.21. The van der Waals surface area contributed by atoms with E-state index in [-0.39, 0.29) is 12.5 Å². The van der Waals surface area contributed by atoms with Crippen molar-refractivity contribution in [3.05, 3.63) is 58.1 Å². The molecule has 26 heavy (non-hydrogen) atoms. The maximum absolute atomic E-state index is 12.2. The number of nitrogens with one attached hydrogen (secondary N) is 1. The Labute approximate surface area is 160 Å². The summed E-state index contributed by atoms with van der Waals surface area (Å²) in [6.07, 6.45) is 0. The molecule has 0 unspecified atom stereocenters. The van der Waals surface area contributed by atoms with Crippen LogP contribution < -0.4 is 5.32 Å². The predicted molar refractivity (Wildman–Crippen MR) is 105 cm³/mol. The summed E-state index contributed by atoms with van der Waals surface area (Å²) in [7, 11) is 0. The largest absolute Gasteiger partial charge is 0.324 e. The Hall–Kier alpha value is -2.54. The van der Waals surface area contributed by atoms with E-state index in [1.807, 2.05) is 37.3 Å². The summed E-state index contributed by atoms with van der Waals surface area (Å²) in [5.74, 6) is 0.768. The molecule has 1 N–H and O–H groups in total. The zero-order chi connectivity index (χ0) is 18.7. The van der Waals surface area contributed by atoms with Crippen LogP contribution >= 0.6 is 15.9 Å². The number of anilines is 1. The lowest BCUT2D eigenvalue weighted by molar-refractivity contribution is -0.117. The molecule has 134 valence electrons. The van der Waals surface area contributed by atoms with Gasteiger partial charge in [0, 0.05) is 15.7 Å². The average Bonchev–Trinajstić information content (AvgIpc) is 3.06. The van der Waals surface area contributed by atoms with E-state index in [1.54, 1.807) is 0 Å². The fraction of sp³-hybridized carbons (Fsp3) is 0.263. The van der Waals surface area contributed by atoms with Crippen LogP contribution in [0.2, 0.25) is 0 Å². The van der Waals surface area contributed by atoms with Crippen LogP contribution in [0.3, 0.4) is 0 Å². The van der Waals surface area contributed by atoms with Crippen LogP contribution in [-0.4, -0.2) is 26.1 Å². The SMILES string of the molecule is Cc1ccc(NC(=O)Cn2nnc(-c3ccc(C(C)C)cc3)n2)cc1Br. The highest BCUT2D eigenvalue weighted by molar-refractivity contribution is 9.10. The summed E-state index contributed by atoms with van der Waals surface area (Å²) >= 11 is 3.45. The number of tetrazole rings is 1. The minimum atomic E-state index is -0.208. The zero-order valence-corrected chi connectivity index (χ0v) is 16.5. The molecule has 2 aromatic carbocycles. The third kappa shape index (κ3) is 4.35. The molecule has 1 aromatic heterocycles. The smallest absolute Gasteiger partial charge is 0.248 e. The van der Waals surface area contributed by atoms with Gasteiger partial charge in [-0.25, -0.2) is 0 Å². The molecule has 0 bridgehead atoms. The number of rotatable bonds is 5. The Kier molecular flexibility index (Phi) is 5.46. The predicted octanol–water partition coefficient (Wildman–Crippen LogP) is 4.17. The van der Waals surface area contributed by atoms with Crippen molar-refractivity contribution in [2.75, 3.05) is 5.32 Å². The van der Waals surface area contributed by atoms with Crippen LogP contribution in [0.4, 0.5) is 5.69 Å². The maximum Gasteiger partial charge on any atom is 0.248 e. The molecule has 7 heteroatoms. The minimum absolute atomic E-state index is 0.00255. The molecule has 3 rings (SSSR count). The first-order chi connectivity index (χ1) is 12.4. The summed E-state index contributed by atoms with van der Waals surface area (Å²) in [6.45, 7) is 6.29. The van der Waals surface area contributed by atoms with Gasteiger partial charge in [0.05, 0.1) is 0 Å². The van der Waals surface area contributed by atoms with E-state index in [4.69, 9.17) is 0 Å². The van der Waals surface area contributed by atoms with Gasteiger partial charge in [0.15, 0.2) is 0 Å². The number of aromatic nitrogens is 4. The number of hydrogen-bond donors (Lipinski definition) is 1. The van der Waals surface area contributed by atoms with E-state index in [0.29, 0.717) is 11.7 Å². The first-order valence-electron chi connectivity index (χ1n) is 8.36. The Morgan fingerprint density at radius 1 is 1.19 bits per heavy atom. The molecular formula is C19H20BrN5O. The lowest BCUT2D eigenvalue weighted by Crippen LogP contribution is -2.20. The van der Waals surface area contributed by atoms with E-state index in [1.165, 1.54) is 10.4 Å². The Morgan fingerprint density at radius 2 is 1.92 bits per heavy atom. The normalized spacial score (nSPS) is 11.0. The number of carbonyl (C=O) groups excluding carboxylic acids is 1. The van der Waals surface area contributed by atoms with Gasteiger partial charge >= 0.3 is 0 Å². The van der Waals surface area contributed by atoms with Gasteiger partial charge in [-0.05, 0) is 41.3 Å². The fourth-order valence-electron chi connectivity index (χ4n) is 2.44. The molecule has 0 aliphatic rings. The number of carbonyl (C=O) groups is 1. The van der Waals surface area contributed by atoms with E-state index in [0.717, 1.165) is 21.3 Å². The van der Waals surface area contributed by atoms with E-state index in [9.17, 15) is 4.79 Å². The molecule has 1 amide bonds. The topological polar surface area (TPSA) is 72.7 Å². The zero-order valence-electron chi connectivity index (χ0n) is 14.9. The van der Waals surface area contributed by atoms with Crippen LogP contribution in [0, 0.1) is 6.92 Å². The molecule has 6 nitrogen and oxygen atoms in total. The maximum atomic E-state index is 12.2. The standard InChI is InChI=1S/C19H20BrN5O/c1-12(2)14-5-7-15(8-6-14)19-22-24-25(23-19)11-18(26)21-16-9-4-13(3)17(20)10-16/h4-10,12H,11H2,1-3H3,(H,21,26). The van der Waals surface area contributed by atoms with Crippen molar-refractivity contribution in [3.63, 3.8) is 0 Å². The second kappa shape index (κ2) is 7.78. The van der Waals surface area contributed by atoms with E-state index in [2.05, 4.69) is 62.6 Å². The van der Waals surface area contributed by atoms with Crippen molar-refractivity contribution in [1.82, 2.24) is 20.2 Å². The highest BCUT2D eigenvalue weighted by Gasteiger charge is 2.10. The number of halogens is 1. The van der Waals surface area contributed by atoms with Crippen molar-refractivity contribution in [2.45, 2.75) is 33.2 Å². The van der Waals surface area contributed by atoms with E-state index < -0.39 is 0 Å². The third-order valence-electron chi connectivity index (χ3n) is 4.03. The average molecular weight is 414 g/mol. The molecule has 0 atom stereocenters. The number of aryl methyl sites for hydroxylation is 1. The summed E-state index contributed by atoms with van der Waals surface area (Å²) in [5.41, 5.74) is 3.96. The van der Waals surface area contributed by atoms with Crippen molar-refractivity contribution in [2.24, 2.45) is 0 Å². The number of benzene rings is 2. The van der Waals surface area contributed by atoms with Gasteiger partial charge in [0.2, 0.25) is 11.7 Å². The van der Waals surface area contributed by atoms with Crippen molar-refractivity contribution >= 4 is 27.5 Å². The van der Waals surface area contributed by atoms with Crippen molar-refractivity contribution in [1.29, 1.82) is 0 Å². The molecule has 1 heterocycles. The summed E-state index contributed by atoms with van der Waals surface area (Å²) < 4.78 is 0.946. The first-order valence-corrected chi connectivity index (χ1v) is 9.16. The summed E-state index contributed by atoms with van der Waals surface area (Å²) in [6, 6.07) is 13.7. The van der Waals surface area contributed by atoms with Crippen LogP contribution in [0.15, 0.2) is 46.9 Å². The van der Waals surface area contributed by atoms with Gasteiger partial charge in [0.1, 0.15) is 6.54 Å². The Morgan fingerprint density at radius 3 is 2.58 bits per heavy atom. The Balaban J connectivity index is 1.65. The molecular weight excluding hydrogens is 394 g/mol. The fourth-order valence-corrected chi connectivity index (χ4v) is 2.82. The monoisotopic (exact) mass is 413 g/mol. The van der Waals surface area contributed by atoms with Crippen LogP contribution in [0.1, 0.15) is 30.9 Å². The molecule has 0 saturated carbocycles. The van der Waals surface area contributed by atoms with Crippen molar-refractivity contribution < 1.29 is 4.79 Å². The Bertz CT molecular complexity index is 918. The third-order valence-corrected chi connectivity index (χ3v) is 4.88. The lowest BCUT2D eigenvalue weighted by Gasteiger charge is -2.06. The summed E-state index contributed by atoms with van der Waals surface area (Å²) in [4.78, 5) is 13.5. The van der Waals surface area contributed by atoms with E-state index >= 15 is 0 Å². The van der Waals surface area contributed by atoms with Gasteiger partial charge in [-0.1, -0.05) is 60.1 Å². The number of amides is 1. The molecule has 0 radical (unpaired) electrons. The molecule has 0 aliphatic heterocycles. The highest BCUT2D eigenvalue weighted by atomic mass is 79.9. The van der Waals surface area contributed by atoms with Gasteiger partial charge in [-0.15, -0.1) is 10.2 Å². The minimum Gasteiger partial charge on any atom is -0.324 e. The molecule has 0 aliphatic carbocycles. The second-order valence-corrected chi connectivity index (χ2v) is 7.29. The second-order valence-electron chi connectivity index (χ2n) is 6.43. The quantitative estimate of drug-likeness (QED) is 0.680.